The summed E-state index contributed by atoms with van der Waals surface area (Å²) in [6.45, 7) is 3.01. The van der Waals surface area contributed by atoms with Crippen LogP contribution in [0.2, 0.25) is 0 Å². The van der Waals surface area contributed by atoms with E-state index in [9.17, 15) is 0 Å². The summed E-state index contributed by atoms with van der Waals surface area (Å²) in [5.74, 6) is 1.71. The first-order valence-electron chi connectivity index (χ1n) is 7.19. The largest absolute Gasteiger partial charge is 0.381 e. The Labute approximate surface area is 107 Å². The van der Waals surface area contributed by atoms with Gasteiger partial charge in [-0.25, -0.2) is 0 Å². The molecule has 1 saturated carbocycles. The second-order valence-corrected chi connectivity index (χ2v) is 5.09. The Morgan fingerprint density at radius 3 is 2.82 bits per heavy atom. The summed E-state index contributed by atoms with van der Waals surface area (Å²) in [6.07, 6.45) is 18.7. The van der Waals surface area contributed by atoms with Gasteiger partial charge in [0.15, 0.2) is 0 Å². The van der Waals surface area contributed by atoms with E-state index < -0.39 is 0 Å². The number of ether oxygens (including phenoxy) is 1. The van der Waals surface area contributed by atoms with E-state index in [0.717, 1.165) is 18.4 Å². The average Bonchev–Trinajstić information content (AvgIpc) is 2.78. The van der Waals surface area contributed by atoms with Crippen molar-refractivity contribution in [3.8, 4) is 0 Å². The first-order valence-corrected chi connectivity index (χ1v) is 7.19. The highest BCUT2D eigenvalue weighted by Gasteiger charge is 2.23. The molecule has 2 atom stereocenters. The van der Waals surface area contributed by atoms with Crippen LogP contribution >= 0.6 is 0 Å². The maximum absolute atomic E-state index is 5.02. The van der Waals surface area contributed by atoms with Gasteiger partial charge in [0.25, 0.3) is 0 Å². The third-order valence-corrected chi connectivity index (χ3v) is 3.69. The van der Waals surface area contributed by atoms with Crippen molar-refractivity contribution in [1.29, 1.82) is 0 Å². The molecule has 1 heteroatoms. The fourth-order valence-electron chi connectivity index (χ4n) is 2.64. The third-order valence-electron chi connectivity index (χ3n) is 3.69. The highest BCUT2D eigenvalue weighted by Crippen LogP contribution is 2.35. The van der Waals surface area contributed by atoms with Crippen molar-refractivity contribution in [3.63, 3.8) is 0 Å². The van der Waals surface area contributed by atoms with Crippen LogP contribution < -0.4 is 0 Å². The van der Waals surface area contributed by atoms with Gasteiger partial charge in [0.2, 0.25) is 0 Å². The fourth-order valence-corrected chi connectivity index (χ4v) is 2.64. The summed E-state index contributed by atoms with van der Waals surface area (Å²) >= 11 is 0. The smallest absolute Gasteiger partial charge is 0.0643 e. The summed E-state index contributed by atoms with van der Waals surface area (Å²) in [5, 5.41) is 0. The van der Waals surface area contributed by atoms with Crippen LogP contribution in [0.25, 0.3) is 0 Å². The first-order chi connectivity index (χ1) is 8.38. The lowest BCUT2D eigenvalue weighted by molar-refractivity contribution is 0.233. The molecule has 0 aliphatic heterocycles. The van der Waals surface area contributed by atoms with Crippen molar-refractivity contribution >= 4 is 0 Å². The van der Waals surface area contributed by atoms with Crippen LogP contribution in [0.1, 0.15) is 51.9 Å². The fraction of sp³-hybridized carbons (Fsp3) is 0.750. The van der Waals surface area contributed by atoms with Crippen molar-refractivity contribution in [2.45, 2.75) is 51.9 Å². The van der Waals surface area contributed by atoms with Crippen molar-refractivity contribution in [2.75, 3.05) is 13.7 Å². The summed E-state index contributed by atoms with van der Waals surface area (Å²) in [4.78, 5) is 0. The van der Waals surface area contributed by atoms with Gasteiger partial charge in [-0.15, -0.1) is 0 Å². The molecule has 1 rings (SSSR count). The molecule has 0 aromatic rings. The lowest BCUT2D eigenvalue weighted by atomic mass is 9.92. The quantitative estimate of drug-likeness (QED) is 0.437. The van der Waals surface area contributed by atoms with Crippen LogP contribution in [0, 0.1) is 11.8 Å². The molecule has 98 valence electrons. The minimum atomic E-state index is 0.754. The van der Waals surface area contributed by atoms with Crippen LogP contribution in [-0.4, -0.2) is 13.7 Å². The van der Waals surface area contributed by atoms with Gasteiger partial charge in [-0.3, -0.25) is 0 Å². The van der Waals surface area contributed by atoms with Crippen LogP contribution in [0.15, 0.2) is 24.3 Å². The van der Waals surface area contributed by atoms with E-state index in [0.29, 0.717) is 0 Å². The molecule has 1 nitrogen and oxygen atoms in total. The lowest BCUT2D eigenvalue weighted by Crippen LogP contribution is -2.03. The molecule has 1 aliphatic carbocycles. The first kappa shape index (κ1) is 14.5. The van der Waals surface area contributed by atoms with Crippen LogP contribution in [0.5, 0.6) is 0 Å². The van der Waals surface area contributed by atoms with E-state index in [-0.39, 0.29) is 0 Å². The van der Waals surface area contributed by atoms with Crippen molar-refractivity contribution in [3.05, 3.63) is 24.3 Å². The number of hydrogen-bond acceptors (Lipinski definition) is 1. The van der Waals surface area contributed by atoms with Crippen molar-refractivity contribution in [1.82, 2.24) is 0 Å². The average molecular weight is 236 g/mol. The van der Waals surface area contributed by atoms with E-state index >= 15 is 0 Å². The van der Waals surface area contributed by atoms with E-state index in [1.165, 1.54) is 44.9 Å². The molecule has 0 amide bonds. The van der Waals surface area contributed by atoms with Crippen molar-refractivity contribution in [2.24, 2.45) is 11.8 Å². The maximum Gasteiger partial charge on any atom is 0.0643 e. The Kier molecular flexibility index (Phi) is 8.08. The molecule has 0 bridgehead atoms. The van der Waals surface area contributed by atoms with Gasteiger partial charge in [-0.1, -0.05) is 50.5 Å². The molecule has 0 aromatic carbocycles. The zero-order chi connectivity index (χ0) is 12.3. The molecule has 0 saturated heterocycles. The summed E-state index contributed by atoms with van der Waals surface area (Å²) in [5.41, 5.74) is 0. The molecule has 0 spiro atoms. The molecule has 17 heavy (non-hydrogen) atoms. The zero-order valence-electron chi connectivity index (χ0n) is 11.5. The number of allylic oxidation sites excluding steroid dienone is 3. The summed E-state index contributed by atoms with van der Waals surface area (Å²) in [6, 6.07) is 0. The van der Waals surface area contributed by atoms with Crippen LogP contribution in [0.4, 0.5) is 0 Å². The summed E-state index contributed by atoms with van der Waals surface area (Å²) < 4.78 is 5.02. The van der Waals surface area contributed by atoms with Crippen molar-refractivity contribution < 1.29 is 4.74 Å². The van der Waals surface area contributed by atoms with Gasteiger partial charge in [-0.05, 0) is 37.5 Å². The maximum atomic E-state index is 5.02. The predicted molar refractivity (Wildman–Crippen MR) is 75.1 cm³/mol. The highest BCUT2D eigenvalue weighted by atomic mass is 16.5. The molecule has 1 fully saturated rings. The molecule has 0 heterocycles. The molecule has 0 radical (unpaired) electrons. The molecular weight excluding hydrogens is 208 g/mol. The normalized spacial score (nSPS) is 25.3. The van der Waals surface area contributed by atoms with Gasteiger partial charge in [0.1, 0.15) is 0 Å². The Balaban J connectivity index is 2.25. The summed E-state index contributed by atoms with van der Waals surface area (Å²) in [7, 11) is 1.75. The molecule has 1 aliphatic rings. The van der Waals surface area contributed by atoms with Gasteiger partial charge < -0.3 is 4.74 Å². The SMILES string of the molecule is CCCC/C=C/C1CCCC1C/C=C/COC. The van der Waals surface area contributed by atoms with Crippen LogP contribution in [0.3, 0.4) is 0 Å². The molecule has 0 N–H and O–H groups in total. The lowest BCUT2D eigenvalue weighted by Gasteiger charge is -2.13. The Hall–Kier alpha value is -0.560. The van der Waals surface area contributed by atoms with E-state index in [1.807, 2.05) is 0 Å². The monoisotopic (exact) mass is 236 g/mol. The molecule has 2 unspecified atom stereocenters. The van der Waals surface area contributed by atoms with E-state index in [4.69, 9.17) is 4.74 Å². The molecular formula is C16H28O. The van der Waals surface area contributed by atoms with Gasteiger partial charge in [0.05, 0.1) is 6.61 Å². The number of unbranched alkanes of at least 4 members (excludes halogenated alkanes) is 2. The minimum Gasteiger partial charge on any atom is -0.381 e. The zero-order valence-corrected chi connectivity index (χ0v) is 11.5. The molecule has 0 aromatic heterocycles. The Bertz CT molecular complexity index is 230. The van der Waals surface area contributed by atoms with Gasteiger partial charge in [-0.2, -0.15) is 0 Å². The second-order valence-electron chi connectivity index (χ2n) is 5.09. The number of rotatable bonds is 8. The van der Waals surface area contributed by atoms with Crippen LogP contribution in [-0.2, 0) is 4.74 Å². The number of hydrogen-bond donors (Lipinski definition) is 0. The van der Waals surface area contributed by atoms with Gasteiger partial charge in [0, 0.05) is 7.11 Å². The number of methoxy groups -OCH3 is 1. The highest BCUT2D eigenvalue weighted by molar-refractivity contribution is 4.97. The standard InChI is InChI=1S/C16H28O/c1-3-4-5-6-10-15-12-9-13-16(15)11-7-8-14-17-2/h6-8,10,15-16H,3-5,9,11-14H2,1-2H3/b8-7+,10-6+. The minimum absolute atomic E-state index is 0.754. The third kappa shape index (κ3) is 6.07. The topological polar surface area (TPSA) is 9.23 Å². The Morgan fingerprint density at radius 1 is 1.18 bits per heavy atom. The van der Waals surface area contributed by atoms with E-state index in [2.05, 4.69) is 31.2 Å². The van der Waals surface area contributed by atoms with Gasteiger partial charge >= 0.3 is 0 Å². The Morgan fingerprint density at radius 2 is 2.06 bits per heavy atom. The second kappa shape index (κ2) is 9.47. The predicted octanol–water partition coefficient (Wildman–Crippen LogP) is 4.74. The van der Waals surface area contributed by atoms with E-state index in [1.54, 1.807) is 7.11 Å².